The number of nitrogens with zero attached hydrogens (tertiary/aromatic N) is 1. The van der Waals surface area contributed by atoms with Crippen LogP contribution in [0.1, 0.15) is 13.8 Å². The molecule has 1 heterocycles. The van der Waals surface area contributed by atoms with Crippen LogP contribution >= 0.6 is 0 Å². The summed E-state index contributed by atoms with van der Waals surface area (Å²) < 4.78 is 0. The van der Waals surface area contributed by atoms with Gasteiger partial charge in [0.2, 0.25) is 0 Å². The molecule has 0 bridgehead atoms. The summed E-state index contributed by atoms with van der Waals surface area (Å²) in [5.74, 6) is 0. The van der Waals surface area contributed by atoms with Gasteiger partial charge in [0.25, 0.3) is 0 Å². The number of urea groups is 1. The second-order valence-corrected chi connectivity index (χ2v) is 3.41. The van der Waals surface area contributed by atoms with Crippen LogP contribution in [0, 0.1) is 0 Å². The van der Waals surface area contributed by atoms with Crippen molar-refractivity contribution in [1.29, 1.82) is 0 Å². The van der Waals surface area contributed by atoms with Crippen molar-refractivity contribution in [2.75, 3.05) is 19.6 Å². The van der Waals surface area contributed by atoms with E-state index in [1.54, 1.807) is 4.90 Å². The number of nitrogens with one attached hydrogen (secondary N) is 1. The first-order chi connectivity index (χ1) is 5.08. The molecule has 0 aromatic rings. The minimum atomic E-state index is -0.0730. The van der Waals surface area contributed by atoms with Gasteiger partial charge in [0, 0.05) is 19.6 Å². The van der Waals surface area contributed by atoms with Crippen molar-refractivity contribution in [3.63, 3.8) is 0 Å². The van der Waals surface area contributed by atoms with Gasteiger partial charge < -0.3 is 16.0 Å². The zero-order valence-electron chi connectivity index (χ0n) is 7.05. The molecule has 0 aliphatic carbocycles. The molecule has 0 aromatic carbocycles. The Balaban J connectivity index is 2.64. The van der Waals surface area contributed by atoms with Gasteiger partial charge >= 0.3 is 6.03 Å². The molecule has 64 valence electrons. The van der Waals surface area contributed by atoms with E-state index in [2.05, 4.69) is 5.32 Å². The molecule has 4 heteroatoms. The predicted molar refractivity (Wildman–Crippen MR) is 43.2 cm³/mol. The first-order valence-corrected chi connectivity index (χ1v) is 3.83. The highest BCUT2D eigenvalue weighted by Gasteiger charge is 2.36. The standard InChI is InChI=1S/C7H15N3O/c1-7(2)5-9-6(11)10(7)4-3-8/h3-5,8H2,1-2H3,(H,9,11). The van der Waals surface area contributed by atoms with Crippen molar-refractivity contribution in [3.8, 4) is 0 Å². The third-order valence-electron chi connectivity index (χ3n) is 2.00. The molecule has 0 radical (unpaired) electrons. The molecule has 1 saturated heterocycles. The Morgan fingerprint density at radius 2 is 2.36 bits per heavy atom. The van der Waals surface area contributed by atoms with Gasteiger partial charge in [-0.05, 0) is 13.8 Å². The Bertz CT molecular complexity index is 167. The maximum atomic E-state index is 11.1. The normalized spacial score (nSPS) is 22.1. The van der Waals surface area contributed by atoms with Gasteiger partial charge in [0.1, 0.15) is 0 Å². The van der Waals surface area contributed by atoms with Gasteiger partial charge in [-0.2, -0.15) is 0 Å². The average molecular weight is 157 g/mol. The highest BCUT2D eigenvalue weighted by molar-refractivity contribution is 5.77. The van der Waals surface area contributed by atoms with Gasteiger partial charge in [-0.3, -0.25) is 0 Å². The van der Waals surface area contributed by atoms with Crippen molar-refractivity contribution in [2.45, 2.75) is 19.4 Å². The van der Waals surface area contributed by atoms with E-state index in [4.69, 9.17) is 5.73 Å². The Morgan fingerprint density at radius 1 is 1.73 bits per heavy atom. The van der Waals surface area contributed by atoms with Gasteiger partial charge in [-0.1, -0.05) is 0 Å². The van der Waals surface area contributed by atoms with Gasteiger partial charge in [-0.25, -0.2) is 4.79 Å². The topological polar surface area (TPSA) is 58.4 Å². The van der Waals surface area contributed by atoms with E-state index in [1.165, 1.54) is 0 Å². The summed E-state index contributed by atoms with van der Waals surface area (Å²) in [4.78, 5) is 12.9. The van der Waals surface area contributed by atoms with E-state index in [-0.39, 0.29) is 11.6 Å². The van der Waals surface area contributed by atoms with Crippen molar-refractivity contribution in [3.05, 3.63) is 0 Å². The van der Waals surface area contributed by atoms with Crippen LogP contribution in [0.3, 0.4) is 0 Å². The van der Waals surface area contributed by atoms with E-state index >= 15 is 0 Å². The Hall–Kier alpha value is -0.770. The van der Waals surface area contributed by atoms with Crippen molar-refractivity contribution < 1.29 is 4.79 Å². The molecular weight excluding hydrogens is 142 g/mol. The fraction of sp³-hybridized carbons (Fsp3) is 0.857. The van der Waals surface area contributed by atoms with Crippen molar-refractivity contribution in [2.24, 2.45) is 5.73 Å². The van der Waals surface area contributed by atoms with E-state index in [1.807, 2.05) is 13.8 Å². The summed E-state index contributed by atoms with van der Waals surface area (Å²) in [6.07, 6.45) is 0. The molecule has 0 aromatic heterocycles. The minimum absolute atomic E-state index is 0.000417. The maximum absolute atomic E-state index is 11.1. The van der Waals surface area contributed by atoms with E-state index in [0.29, 0.717) is 19.6 Å². The second-order valence-electron chi connectivity index (χ2n) is 3.41. The van der Waals surface area contributed by atoms with Crippen LogP contribution in [0.4, 0.5) is 4.79 Å². The number of nitrogens with two attached hydrogens (primary N) is 1. The van der Waals surface area contributed by atoms with E-state index in [0.717, 1.165) is 0 Å². The Kier molecular flexibility index (Phi) is 2.04. The van der Waals surface area contributed by atoms with Crippen molar-refractivity contribution >= 4 is 6.03 Å². The lowest BCUT2D eigenvalue weighted by atomic mass is 10.1. The average Bonchev–Trinajstić information content (AvgIpc) is 2.16. The maximum Gasteiger partial charge on any atom is 0.318 e. The Labute approximate surface area is 66.7 Å². The molecule has 1 fully saturated rings. The number of carbonyl (C=O) groups excluding carboxylic acids is 1. The number of carbonyl (C=O) groups is 1. The summed E-state index contributed by atoms with van der Waals surface area (Å²) in [6.45, 7) is 5.93. The second kappa shape index (κ2) is 2.70. The minimum Gasteiger partial charge on any atom is -0.336 e. The number of hydrogen-bond donors (Lipinski definition) is 2. The van der Waals surface area contributed by atoms with Crippen LogP contribution in [-0.2, 0) is 0 Å². The van der Waals surface area contributed by atoms with Crippen LogP contribution in [0.25, 0.3) is 0 Å². The van der Waals surface area contributed by atoms with Crippen LogP contribution in [0.5, 0.6) is 0 Å². The summed E-state index contributed by atoms with van der Waals surface area (Å²) in [7, 11) is 0. The number of hydrogen-bond acceptors (Lipinski definition) is 2. The summed E-state index contributed by atoms with van der Waals surface area (Å²) in [5.41, 5.74) is 5.30. The molecule has 1 rings (SSSR count). The predicted octanol–water partition coefficient (Wildman–Crippen LogP) is -0.251. The fourth-order valence-electron chi connectivity index (χ4n) is 1.29. The zero-order valence-corrected chi connectivity index (χ0v) is 7.05. The first kappa shape index (κ1) is 8.33. The molecule has 4 nitrogen and oxygen atoms in total. The SMILES string of the molecule is CC1(C)CNC(=O)N1CCN. The van der Waals surface area contributed by atoms with Crippen molar-refractivity contribution in [1.82, 2.24) is 10.2 Å². The molecule has 1 aliphatic heterocycles. The third-order valence-corrected chi connectivity index (χ3v) is 2.00. The smallest absolute Gasteiger partial charge is 0.318 e. The molecular formula is C7H15N3O. The summed E-state index contributed by atoms with van der Waals surface area (Å²) >= 11 is 0. The first-order valence-electron chi connectivity index (χ1n) is 3.83. The lowest BCUT2D eigenvalue weighted by molar-refractivity contribution is 0.179. The highest BCUT2D eigenvalue weighted by Crippen LogP contribution is 2.17. The summed E-state index contributed by atoms with van der Waals surface area (Å²) in [5, 5.41) is 2.78. The Morgan fingerprint density at radius 3 is 2.73 bits per heavy atom. The number of rotatable bonds is 2. The third kappa shape index (κ3) is 1.45. The largest absolute Gasteiger partial charge is 0.336 e. The van der Waals surface area contributed by atoms with Crippen LogP contribution < -0.4 is 11.1 Å². The fourth-order valence-corrected chi connectivity index (χ4v) is 1.29. The molecule has 0 saturated carbocycles. The molecule has 11 heavy (non-hydrogen) atoms. The molecule has 0 spiro atoms. The van der Waals surface area contributed by atoms with E-state index in [9.17, 15) is 4.79 Å². The quantitative estimate of drug-likeness (QED) is 0.580. The monoisotopic (exact) mass is 157 g/mol. The molecule has 2 amide bonds. The molecule has 3 N–H and O–H groups in total. The van der Waals surface area contributed by atoms with Crippen LogP contribution in [0.15, 0.2) is 0 Å². The van der Waals surface area contributed by atoms with Crippen LogP contribution in [0.2, 0.25) is 0 Å². The lowest BCUT2D eigenvalue weighted by Crippen LogP contribution is -2.44. The van der Waals surface area contributed by atoms with Gasteiger partial charge in [0.05, 0.1) is 5.54 Å². The molecule has 0 atom stereocenters. The highest BCUT2D eigenvalue weighted by atomic mass is 16.2. The van der Waals surface area contributed by atoms with E-state index < -0.39 is 0 Å². The summed E-state index contributed by atoms with van der Waals surface area (Å²) in [6, 6.07) is 0.000417. The van der Waals surface area contributed by atoms with Gasteiger partial charge in [0.15, 0.2) is 0 Å². The zero-order chi connectivity index (χ0) is 8.48. The lowest BCUT2D eigenvalue weighted by Gasteiger charge is -2.28. The molecule has 0 unspecified atom stereocenters. The number of amides is 2. The van der Waals surface area contributed by atoms with Crippen LogP contribution in [-0.4, -0.2) is 36.1 Å². The molecule has 1 aliphatic rings. The van der Waals surface area contributed by atoms with Gasteiger partial charge in [-0.15, -0.1) is 0 Å².